The predicted molar refractivity (Wildman–Crippen MR) is 61.1 cm³/mol. The molecule has 0 spiro atoms. The van der Waals surface area contributed by atoms with Gasteiger partial charge in [-0.25, -0.2) is 0 Å². The molecule has 5 heteroatoms. The van der Waals surface area contributed by atoms with Crippen LogP contribution in [0.25, 0.3) is 0 Å². The first kappa shape index (κ1) is 10.7. The second kappa shape index (κ2) is 4.38. The standard InChI is InChI=1S/C11H14N2O3/c1-2-5-12-6-7-16-11-8-9(13(14)15)3-4-10(11)12/h3-4,8H,2,5-7H2,1H3. The van der Waals surface area contributed by atoms with Gasteiger partial charge in [0, 0.05) is 12.6 Å². The fourth-order valence-electron chi connectivity index (χ4n) is 1.88. The van der Waals surface area contributed by atoms with E-state index in [1.165, 1.54) is 12.1 Å². The number of hydrogen-bond donors (Lipinski definition) is 0. The average Bonchev–Trinajstić information content (AvgIpc) is 2.29. The van der Waals surface area contributed by atoms with E-state index in [0.29, 0.717) is 12.4 Å². The third-order valence-corrected chi connectivity index (χ3v) is 2.61. The zero-order chi connectivity index (χ0) is 11.5. The van der Waals surface area contributed by atoms with Gasteiger partial charge in [0.1, 0.15) is 12.4 Å². The number of non-ortho nitro benzene ring substituents is 1. The fraction of sp³-hybridized carbons (Fsp3) is 0.455. The molecule has 0 bridgehead atoms. The molecule has 0 aromatic heterocycles. The highest BCUT2D eigenvalue weighted by Crippen LogP contribution is 2.34. The molecule has 0 saturated carbocycles. The number of nitro benzene ring substituents is 1. The van der Waals surface area contributed by atoms with E-state index in [-0.39, 0.29) is 5.69 Å². The SMILES string of the molecule is CCCN1CCOc2cc([N+](=O)[O-])ccc21. The van der Waals surface area contributed by atoms with E-state index in [4.69, 9.17) is 4.74 Å². The molecule has 0 aliphatic carbocycles. The normalized spacial score (nSPS) is 14.2. The zero-order valence-corrected chi connectivity index (χ0v) is 9.18. The Balaban J connectivity index is 2.32. The molecule has 0 atom stereocenters. The third-order valence-electron chi connectivity index (χ3n) is 2.61. The molecule has 0 radical (unpaired) electrons. The van der Waals surface area contributed by atoms with E-state index < -0.39 is 4.92 Å². The highest BCUT2D eigenvalue weighted by Gasteiger charge is 2.20. The molecule has 16 heavy (non-hydrogen) atoms. The number of nitro groups is 1. The number of benzene rings is 1. The molecule has 0 saturated heterocycles. The van der Waals surface area contributed by atoms with Crippen LogP contribution in [0.3, 0.4) is 0 Å². The minimum Gasteiger partial charge on any atom is -0.489 e. The highest BCUT2D eigenvalue weighted by molar-refractivity contribution is 5.63. The lowest BCUT2D eigenvalue weighted by molar-refractivity contribution is -0.384. The van der Waals surface area contributed by atoms with Crippen LogP contribution in [0.5, 0.6) is 5.75 Å². The molecule has 0 amide bonds. The molecule has 1 aromatic rings. The highest BCUT2D eigenvalue weighted by atomic mass is 16.6. The van der Waals surface area contributed by atoms with Crippen LogP contribution in [0.2, 0.25) is 0 Å². The molecule has 2 rings (SSSR count). The largest absolute Gasteiger partial charge is 0.489 e. The summed E-state index contributed by atoms with van der Waals surface area (Å²) >= 11 is 0. The van der Waals surface area contributed by atoms with Crippen molar-refractivity contribution in [3.8, 4) is 5.75 Å². The summed E-state index contributed by atoms with van der Waals surface area (Å²) in [6.07, 6.45) is 1.05. The van der Waals surface area contributed by atoms with Crippen molar-refractivity contribution in [1.82, 2.24) is 0 Å². The van der Waals surface area contributed by atoms with Gasteiger partial charge in [0.05, 0.1) is 23.2 Å². The zero-order valence-electron chi connectivity index (χ0n) is 9.18. The maximum Gasteiger partial charge on any atom is 0.273 e. The molecular formula is C11H14N2O3. The molecule has 1 aliphatic heterocycles. The van der Waals surface area contributed by atoms with Crippen LogP contribution in [-0.4, -0.2) is 24.6 Å². The van der Waals surface area contributed by atoms with Crippen molar-refractivity contribution < 1.29 is 9.66 Å². The van der Waals surface area contributed by atoms with Gasteiger partial charge in [-0.15, -0.1) is 0 Å². The number of ether oxygens (including phenoxy) is 1. The maximum absolute atomic E-state index is 10.6. The monoisotopic (exact) mass is 222 g/mol. The van der Waals surface area contributed by atoms with E-state index in [1.807, 2.05) is 0 Å². The minimum atomic E-state index is -0.400. The van der Waals surface area contributed by atoms with Crippen molar-refractivity contribution >= 4 is 11.4 Å². The Kier molecular flexibility index (Phi) is 2.94. The Labute approximate surface area is 93.8 Å². The Hall–Kier alpha value is -1.78. The lowest BCUT2D eigenvalue weighted by Crippen LogP contribution is -2.33. The van der Waals surface area contributed by atoms with Gasteiger partial charge in [0.2, 0.25) is 0 Å². The summed E-state index contributed by atoms with van der Waals surface area (Å²) < 4.78 is 5.44. The second-order valence-corrected chi connectivity index (χ2v) is 3.74. The van der Waals surface area contributed by atoms with E-state index in [2.05, 4.69) is 11.8 Å². The van der Waals surface area contributed by atoms with E-state index in [0.717, 1.165) is 25.2 Å². The Bertz CT molecular complexity index is 406. The fourth-order valence-corrected chi connectivity index (χ4v) is 1.88. The number of rotatable bonds is 3. The lowest BCUT2D eigenvalue weighted by atomic mass is 10.2. The molecule has 5 nitrogen and oxygen atoms in total. The van der Waals surface area contributed by atoms with Crippen molar-refractivity contribution in [2.75, 3.05) is 24.6 Å². The first-order valence-corrected chi connectivity index (χ1v) is 5.38. The van der Waals surface area contributed by atoms with Gasteiger partial charge in [-0.05, 0) is 12.5 Å². The smallest absolute Gasteiger partial charge is 0.273 e. The molecule has 86 valence electrons. The average molecular weight is 222 g/mol. The number of anilines is 1. The van der Waals surface area contributed by atoms with Gasteiger partial charge in [-0.2, -0.15) is 0 Å². The van der Waals surface area contributed by atoms with Crippen molar-refractivity contribution in [1.29, 1.82) is 0 Å². The van der Waals surface area contributed by atoms with E-state index in [1.54, 1.807) is 6.07 Å². The van der Waals surface area contributed by atoms with Gasteiger partial charge in [-0.1, -0.05) is 6.92 Å². The topological polar surface area (TPSA) is 55.6 Å². The van der Waals surface area contributed by atoms with Crippen LogP contribution in [0.15, 0.2) is 18.2 Å². The summed E-state index contributed by atoms with van der Waals surface area (Å²) in [5, 5.41) is 10.6. The molecule has 1 aromatic carbocycles. The minimum absolute atomic E-state index is 0.0806. The Morgan fingerprint density at radius 3 is 3.06 bits per heavy atom. The second-order valence-electron chi connectivity index (χ2n) is 3.74. The van der Waals surface area contributed by atoms with Crippen LogP contribution >= 0.6 is 0 Å². The number of nitrogens with zero attached hydrogens (tertiary/aromatic N) is 2. The van der Waals surface area contributed by atoms with Crippen molar-refractivity contribution in [2.45, 2.75) is 13.3 Å². The van der Waals surface area contributed by atoms with Crippen molar-refractivity contribution in [3.63, 3.8) is 0 Å². The van der Waals surface area contributed by atoms with E-state index >= 15 is 0 Å². The van der Waals surface area contributed by atoms with E-state index in [9.17, 15) is 10.1 Å². The third kappa shape index (κ3) is 1.93. The van der Waals surface area contributed by atoms with Gasteiger partial charge in [-0.3, -0.25) is 10.1 Å². The predicted octanol–water partition coefficient (Wildman–Crippen LogP) is 2.20. The molecule has 1 heterocycles. The summed E-state index contributed by atoms with van der Waals surface area (Å²) in [7, 11) is 0. The van der Waals surface area contributed by atoms with Gasteiger partial charge < -0.3 is 9.64 Å². The quantitative estimate of drug-likeness (QED) is 0.581. The molecular weight excluding hydrogens is 208 g/mol. The molecule has 0 N–H and O–H groups in total. The summed E-state index contributed by atoms with van der Waals surface area (Å²) in [5.74, 6) is 0.619. The van der Waals surface area contributed by atoms with Crippen molar-refractivity contribution in [2.24, 2.45) is 0 Å². The lowest BCUT2D eigenvalue weighted by Gasteiger charge is -2.30. The maximum atomic E-state index is 10.6. The molecule has 0 unspecified atom stereocenters. The summed E-state index contributed by atoms with van der Waals surface area (Å²) in [6.45, 7) is 4.50. The summed E-state index contributed by atoms with van der Waals surface area (Å²) in [4.78, 5) is 12.4. The van der Waals surface area contributed by atoms with Crippen LogP contribution in [-0.2, 0) is 0 Å². The number of fused-ring (bicyclic) bond motifs is 1. The number of hydrogen-bond acceptors (Lipinski definition) is 4. The van der Waals surface area contributed by atoms with Crippen LogP contribution in [0.1, 0.15) is 13.3 Å². The van der Waals surface area contributed by atoms with Crippen LogP contribution in [0, 0.1) is 10.1 Å². The Morgan fingerprint density at radius 1 is 1.56 bits per heavy atom. The summed E-state index contributed by atoms with van der Waals surface area (Å²) in [6, 6.07) is 4.79. The Morgan fingerprint density at radius 2 is 2.38 bits per heavy atom. The van der Waals surface area contributed by atoms with Gasteiger partial charge in [0.25, 0.3) is 5.69 Å². The van der Waals surface area contributed by atoms with Crippen LogP contribution in [0.4, 0.5) is 11.4 Å². The summed E-state index contributed by atoms with van der Waals surface area (Å²) in [5.41, 5.74) is 1.04. The van der Waals surface area contributed by atoms with Crippen LogP contribution < -0.4 is 9.64 Å². The van der Waals surface area contributed by atoms with Crippen molar-refractivity contribution in [3.05, 3.63) is 28.3 Å². The first-order chi connectivity index (χ1) is 7.72. The molecule has 1 aliphatic rings. The first-order valence-electron chi connectivity index (χ1n) is 5.38. The van der Waals surface area contributed by atoms with Gasteiger partial charge in [0.15, 0.2) is 0 Å². The molecule has 0 fully saturated rings. The van der Waals surface area contributed by atoms with Gasteiger partial charge >= 0.3 is 0 Å².